The molecule has 306 valence electrons. The van der Waals surface area contributed by atoms with E-state index in [-0.39, 0.29) is 10.8 Å². The Morgan fingerprint density at radius 3 is 1.97 bits per heavy atom. The zero-order valence-corrected chi connectivity index (χ0v) is 36.8. The van der Waals surface area contributed by atoms with Crippen LogP contribution in [0.15, 0.2) is 162 Å². The van der Waals surface area contributed by atoms with Crippen molar-refractivity contribution in [1.82, 2.24) is 19.1 Å². The molecule has 0 N–H and O–H groups in total. The molecule has 0 amide bonds. The van der Waals surface area contributed by atoms with Crippen LogP contribution in [0, 0.1) is 0 Å². The van der Waals surface area contributed by atoms with Gasteiger partial charge in [0.25, 0.3) is 0 Å². The van der Waals surface area contributed by atoms with E-state index in [9.17, 15) is 0 Å². The summed E-state index contributed by atoms with van der Waals surface area (Å²) in [5, 5.41) is 10.7. The van der Waals surface area contributed by atoms with Crippen LogP contribution in [-0.4, -0.2) is 19.1 Å². The minimum Gasteiger partial charge on any atom is -0.456 e. The van der Waals surface area contributed by atoms with E-state index in [1.54, 1.807) is 11.3 Å². The molecule has 5 heterocycles. The van der Waals surface area contributed by atoms with Crippen molar-refractivity contribution in [2.75, 3.05) is 0 Å². The molecule has 8 aromatic carbocycles. The van der Waals surface area contributed by atoms with Crippen LogP contribution in [0.3, 0.4) is 0 Å². The molecule has 0 bridgehead atoms. The predicted molar refractivity (Wildman–Crippen MR) is 269 cm³/mol. The van der Waals surface area contributed by atoms with Gasteiger partial charge in [-0.15, -0.1) is 11.3 Å². The molecular formula is C58H42N4OS. The van der Waals surface area contributed by atoms with Gasteiger partial charge in [0.1, 0.15) is 11.2 Å². The topological polar surface area (TPSA) is 48.8 Å². The zero-order chi connectivity index (χ0) is 42.6. The van der Waals surface area contributed by atoms with Gasteiger partial charge in [-0.1, -0.05) is 113 Å². The van der Waals surface area contributed by atoms with Gasteiger partial charge in [0.15, 0.2) is 0 Å². The molecule has 0 spiro atoms. The van der Waals surface area contributed by atoms with Crippen LogP contribution in [0.2, 0.25) is 0 Å². The SMILES string of the molecule is CC1(C)CCC(C)(C)c2cc3c(cc21)c1c2c4c5ccccc5ccc4n(-c4nc(-c5ccc6oc7ccccc7c6c5)c5sc6ccccc6c5n4)c2ccc1n3-c1ccccc1. The smallest absolute Gasteiger partial charge is 0.235 e. The summed E-state index contributed by atoms with van der Waals surface area (Å²) < 4.78 is 13.4. The van der Waals surface area contributed by atoms with Crippen LogP contribution < -0.4 is 0 Å². The monoisotopic (exact) mass is 842 g/mol. The van der Waals surface area contributed by atoms with Gasteiger partial charge >= 0.3 is 0 Å². The number of furan rings is 1. The van der Waals surface area contributed by atoms with E-state index in [1.165, 1.54) is 59.2 Å². The van der Waals surface area contributed by atoms with Crippen LogP contribution >= 0.6 is 11.3 Å². The first-order valence-electron chi connectivity index (χ1n) is 22.4. The van der Waals surface area contributed by atoms with Crippen molar-refractivity contribution in [3.8, 4) is 22.9 Å². The Labute approximate surface area is 372 Å². The highest BCUT2D eigenvalue weighted by Crippen LogP contribution is 2.51. The number of fused-ring (bicyclic) bond motifs is 16. The third kappa shape index (κ3) is 4.89. The number of benzene rings is 8. The standard InChI is InChI=1S/C58H42N4OS/c1-57(2)28-29-58(3,4)42-32-46-40(31-41(42)57)51-43(61(46)35-15-6-5-7-16-35)25-26-45-52(51)50-36-17-9-8-14-33(36)22-24-44(50)62(45)56-59-53(55-54(60-56)38-19-11-13-21-49(38)64-55)34-23-27-48-39(30-34)37-18-10-12-20-47(37)63-48/h5-27,30-32H,28-29H2,1-4H3. The molecule has 5 nitrogen and oxygen atoms in total. The van der Waals surface area contributed by atoms with E-state index in [1.807, 2.05) is 12.1 Å². The Kier molecular flexibility index (Phi) is 7.18. The summed E-state index contributed by atoms with van der Waals surface area (Å²) in [6.45, 7) is 9.73. The third-order valence-electron chi connectivity index (χ3n) is 14.6. The van der Waals surface area contributed by atoms with E-state index in [0.29, 0.717) is 5.95 Å². The lowest BCUT2D eigenvalue weighted by Gasteiger charge is -2.42. The van der Waals surface area contributed by atoms with Gasteiger partial charge in [0, 0.05) is 53.7 Å². The largest absolute Gasteiger partial charge is 0.456 e. The van der Waals surface area contributed by atoms with Crippen molar-refractivity contribution < 1.29 is 4.42 Å². The van der Waals surface area contributed by atoms with Crippen LogP contribution in [0.4, 0.5) is 0 Å². The number of thiophene rings is 1. The summed E-state index contributed by atoms with van der Waals surface area (Å²) in [7, 11) is 0. The number of hydrogen-bond acceptors (Lipinski definition) is 4. The molecule has 6 heteroatoms. The highest BCUT2D eigenvalue weighted by atomic mass is 32.1. The Hall–Kier alpha value is -7.28. The van der Waals surface area contributed by atoms with Gasteiger partial charge in [-0.25, -0.2) is 9.97 Å². The first-order valence-corrected chi connectivity index (χ1v) is 23.2. The maximum atomic E-state index is 6.30. The molecule has 14 rings (SSSR count). The zero-order valence-electron chi connectivity index (χ0n) is 36.0. The second-order valence-corrected chi connectivity index (χ2v) is 20.2. The molecule has 1 aliphatic rings. The summed E-state index contributed by atoms with van der Waals surface area (Å²) in [6.07, 6.45) is 2.31. The number of rotatable bonds is 3. The number of aromatic nitrogens is 4. The van der Waals surface area contributed by atoms with Crippen molar-refractivity contribution in [3.63, 3.8) is 0 Å². The average Bonchev–Trinajstić information content (AvgIpc) is 4.07. The van der Waals surface area contributed by atoms with Crippen LogP contribution in [-0.2, 0) is 10.8 Å². The molecule has 0 fully saturated rings. The first-order chi connectivity index (χ1) is 31.2. The van der Waals surface area contributed by atoms with Crippen molar-refractivity contribution in [2.45, 2.75) is 51.4 Å². The molecule has 0 aliphatic heterocycles. The molecule has 1 aliphatic carbocycles. The lowest BCUT2D eigenvalue weighted by molar-refractivity contribution is 0.332. The second kappa shape index (κ2) is 12.7. The average molecular weight is 843 g/mol. The number of para-hydroxylation sites is 2. The molecule has 0 unspecified atom stereocenters. The minimum absolute atomic E-state index is 0.0452. The van der Waals surface area contributed by atoms with Gasteiger partial charge in [-0.3, -0.25) is 4.57 Å². The van der Waals surface area contributed by atoms with E-state index < -0.39 is 0 Å². The molecular weight excluding hydrogens is 801 g/mol. The Bertz CT molecular complexity index is 4140. The van der Waals surface area contributed by atoms with E-state index in [4.69, 9.17) is 14.4 Å². The quantitative estimate of drug-likeness (QED) is 0.178. The molecule has 0 atom stereocenters. The summed E-state index contributed by atoms with van der Waals surface area (Å²) in [4.78, 5) is 11.3. The predicted octanol–water partition coefficient (Wildman–Crippen LogP) is 16.1. The summed E-state index contributed by atoms with van der Waals surface area (Å²) in [5.41, 5.74) is 13.5. The molecule has 64 heavy (non-hydrogen) atoms. The van der Waals surface area contributed by atoms with Crippen LogP contribution in [0.25, 0.3) is 120 Å². The fourth-order valence-corrected chi connectivity index (χ4v) is 12.4. The van der Waals surface area contributed by atoms with Crippen molar-refractivity contribution in [1.29, 1.82) is 0 Å². The van der Waals surface area contributed by atoms with Gasteiger partial charge in [-0.2, -0.15) is 0 Å². The van der Waals surface area contributed by atoms with Crippen molar-refractivity contribution in [2.24, 2.45) is 0 Å². The first kappa shape index (κ1) is 36.2. The maximum Gasteiger partial charge on any atom is 0.235 e. The second-order valence-electron chi connectivity index (χ2n) is 19.2. The van der Waals surface area contributed by atoms with E-state index in [2.05, 4.69) is 182 Å². The number of nitrogens with zero attached hydrogens (tertiary/aromatic N) is 4. The molecule has 0 saturated carbocycles. The Morgan fingerprint density at radius 1 is 0.500 bits per heavy atom. The molecule has 0 radical (unpaired) electrons. The fourth-order valence-electron chi connectivity index (χ4n) is 11.3. The molecule has 5 aromatic heterocycles. The third-order valence-corrected chi connectivity index (χ3v) is 15.8. The van der Waals surface area contributed by atoms with Crippen molar-refractivity contribution in [3.05, 3.63) is 169 Å². The fraction of sp³-hybridized carbons (Fsp3) is 0.138. The van der Waals surface area contributed by atoms with Gasteiger partial charge in [0.05, 0.1) is 38.0 Å². The number of hydrogen-bond donors (Lipinski definition) is 0. The van der Waals surface area contributed by atoms with Crippen LogP contribution in [0.1, 0.15) is 51.7 Å². The van der Waals surface area contributed by atoms with E-state index >= 15 is 0 Å². The summed E-state index contributed by atoms with van der Waals surface area (Å²) in [5.74, 6) is 0.657. The van der Waals surface area contributed by atoms with Gasteiger partial charge < -0.3 is 8.98 Å². The maximum absolute atomic E-state index is 6.30. The minimum atomic E-state index is 0.0452. The lowest BCUT2D eigenvalue weighted by atomic mass is 9.63. The van der Waals surface area contributed by atoms with E-state index in [0.717, 1.165) is 78.4 Å². The Balaban J connectivity index is 1.15. The molecule has 13 aromatic rings. The molecule has 0 saturated heterocycles. The van der Waals surface area contributed by atoms with Crippen molar-refractivity contribution >= 4 is 108 Å². The van der Waals surface area contributed by atoms with Gasteiger partial charge in [0.2, 0.25) is 5.95 Å². The Morgan fingerprint density at radius 2 is 1.14 bits per heavy atom. The summed E-state index contributed by atoms with van der Waals surface area (Å²) in [6, 6.07) is 57.5. The highest BCUT2D eigenvalue weighted by molar-refractivity contribution is 7.26. The van der Waals surface area contributed by atoms with Gasteiger partial charge in [-0.05, 0) is 118 Å². The lowest BCUT2D eigenvalue weighted by Crippen LogP contribution is -2.33. The van der Waals surface area contributed by atoms with Crippen LogP contribution in [0.5, 0.6) is 0 Å². The highest BCUT2D eigenvalue weighted by Gasteiger charge is 2.38. The normalized spacial score (nSPS) is 15.0. The summed E-state index contributed by atoms with van der Waals surface area (Å²) >= 11 is 1.76.